The molecule has 0 saturated heterocycles. The number of carbonyl (C=O) groups is 1. The summed E-state index contributed by atoms with van der Waals surface area (Å²) in [6.07, 6.45) is 2.03. The Morgan fingerprint density at radius 1 is 1.17 bits per heavy atom. The lowest BCUT2D eigenvalue weighted by Gasteiger charge is -2.22. The van der Waals surface area contributed by atoms with E-state index in [1.54, 1.807) is 4.90 Å². The Bertz CT molecular complexity index is 594. The predicted molar refractivity (Wildman–Crippen MR) is 73.1 cm³/mol. The van der Waals surface area contributed by atoms with E-state index in [0.29, 0.717) is 6.54 Å². The highest BCUT2D eigenvalue weighted by atomic mass is 16.1. The number of amides is 1. The van der Waals surface area contributed by atoms with Crippen molar-refractivity contribution in [1.29, 1.82) is 0 Å². The zero-order chi connectivity index (χ0) is 12.5. The molecule has 85 valence electrons. The maximum absolute atomic E-state index is 12.0. The van der Waals surface area contributed by atoms with Crippen molar-refractivity contribution in [1.82, 2.24) is 4.57 Å². The second kappa shape index (κ2) is 4.41. The summed E-state index contributed by atoms with van der Waals surface area (Å²) in [5, 5.41) is 0. The molecule has 3 rings (SSSR count). The Morgan fingerprint density at radius 2 is 2.00 bits per heavy atom. The first-order valence-electron chi connectivity index (χ1n) is 5.88. The third kappa shape index (κ3) is 1.76. The van der Waals surface area contributed by atoms with Gasteiger partial charge in [0.1, 0.15) is 0 Å². The number of anilines is 1. The van der Waals surface area contributed by atoms with Crippen molar-refractivity contribution >= 4 is 26.4 Å². The van der Waals surface area contributed by atoms with E-state index in [1.165, 1.54) is 0 Å². The van der Waals surface area contributed by atoms with Crippen molar-refractivity contribution in [2.75, 3.05) is 4.90 Å². The van der Waals surface area contributed by atoms with Gasteiger partial charge in [-0.05, 0) is 23.8 Å². The Labute approximate surface area is 108 Å². The van der Waals surface area contributed by atoms with Gasteiger partial charge < -0.3 is 9.47 Å². The molecule has 18 heavy (non-hydrogen) atoms. The summed E-state index contributed by atoms with van der Waals surface area (Å²) in [5.41, 5.74) is 3.18. The smallest absolute Gasteiger partial charge is 0.176 e. The number of aromatic nitrogens is 1. The average molecular weight is 233 g/mol. The molecule has 2 heterocycles. The number of hydrogen-bond acceptors (Lipinski definition) is 1. The molecule has 3 nitrogen and oxygen atoms in total. The number of nitrogens with zero attached hydrogens (tertiary/aromatic N) is 2. The average Bonchev–Trinajstić information content (AvgIpc) is 2.77. The lowest BCUT2D eigenvalue weighted by molar-refractivity contribution is 0.263. The molecule has 1 amide bonds. The van der Waals surface area contributed by atoms with Gasteiger partial charge in [-0.3, -0.25) is 4.79 Å². The van der Waals surface area contributed by atoms with Crippen molar-refractivity contribution in [3.63, 3.8) is 0 Å². The molecule has 1 aliphatic rings. The Morgan fingerprint density at radius 3 is 2.83 bits per heavy atom. The van der Waals surface area contributed by atoms with Crippen LogP contribution in [0.2, 0.25) is 0 Å². The van der Waals surface area contributed by atoms with Gasteiger partial charge in [-0.25, -0.2) is 0 Å². The highest BCUT2D eigenvalue weighted by molar-refractivity contribution is 7.09. The molecule has 0 fully saturated rings. The van der Waals surface area contributed by atoms with Crippen LogP contribution in [0.15, 0.2) is 42.6 Å². The van der Waals surface area contributed by atoms with Gasteiger partial charge in [-0.15, -0.1) is 0 Å². The lowest BCUT2D eigenvalue weighted by atomic mass is 9.55. The van der Waals surface area contributed by atoms with Crippen LogP contribution in [-0.2, 0) is 13.1 Å². The maximum Gasteiger partial charge on any atom is 0.176 e. The molecule has 3 radical (unpaired) electrons. The number of benzene rings is 1. The lowest BCUT2D eigenvalue weighted by Crippen LogP contribution is -2.33. The van der Waals surface area contributed by atoms with Gasteiger partial charge in [0, 0.05) is 31.9 Å². The van der Waals surface area contributed by atoms with Crippen LogP contribution in [0.25, 0.3) is 0 Å². The predicted octanol–water partition coefficient (Wildman–Crippen LogP) is 1.76. The first-order chi connectivity index (χ1) is 8.79. The molecule has 0 atom stereocenters. The normalized spacial score (nSPS) is 13.4. The summed E-state index contributed by atoms with van der Waals surface area (Å²) < 4.78 is 2.16. The van der Waals surface area contributed by atoms with E-state index >= 15 is 0 Å². The van der Waals surface area contributed by atoms with Gasteiger partial charge >= 0.3 is 0 Å². The van der Waals surface area contributed by atoms with Gasteiger partial charge in [-0.2, -0.15) is 0 Å². The molecule has 5 heteroatoms. The van der Waals surface area contributed by atoms with Crippen LogP contribution in [0.1, 0.15) is 11.3 Å². The minimum atomic E-state index is -0.169. The molecule has 1 aliphatic heterocycles. The van der Waals surface area contributed by atoms with Crippen molar-refractivity contribution in [2.24, 2.45) is 0 Å². The topological polar surface area (TPSA) is 25.2 Å². The number of hydrogen-bond donors (Lipinski definition) is 0. The standard InChI is InChI=1S/C13H11B2N2O/c14-15-13(18)17-9-11-5-3-7-16(11)8-10-4-1-2-6-12(10)17/h1-7H,8-9H2. The fourth-order valence-corrected chi connectivity index (χ4v) is 2.37. The molecule has 0 unspecified atom stereocenters. The Hall–Kier alpha value is -1.90. The molecule has 0 bridgehead atoms. The van der Waals surface area contributed by atoms with E-state index in [1.807, 2.05) is 42.6 Å². The van der Waals surface area contributed by atoms with Crippen molar-refractivity contribution in [2.45, 2.75) is 13.1 Å². The van der Waals surface area contributed by atoms with E-state index < -0.39 is 0 Å². The fourth-order valence-electron chi connectivity index (χ4n) is 2.37. The highest BCUT2D eigenvalue weighted by Crippen LogP contribution is 2.27. The second-order valence-corrected chi connectivity index (χ2v) is 4.35. The highest BCUT2D eigenvalue weighted by Gasteiger charge is 2.21. The Balaban J connectivity index is 2.12. The zero-order valence-corrected chi connectivity index (χ0v) is 9.91. The molecular weight excluding hydrogens is 222 g/mol. The number of rotatable bonds is 1. The molecule has 0 saturated carbocycles. The molecule has 0 N–H and O–H groups in total. The number of fused-ring (bicyclic) bond motifs is 2. The molecule has 0 aliphatic carbocycles. The molecule has 2 aromatic rings. The van der Waals surface area contributed by atoms with Crippen LogP contribution in [-0.4, -0.2) is 25.3 Å². The quantitative estimate of drug-likeness (QED) is 0.688. The first-order valence-corrected chi connectivity index (χ1v) is 5.88. The molecular formula is C13H11B2N2O. The SMILES string of the molecule is [B][B]C(=O)N1Cc2cccn2Cc2ccccc21. The van der Waals surface area contributed by atoms with Gasteiger partial charge in [0.05, 0.1) is 6.54 Å². The minimum Gasteiger partial charge on any atom is -0.345 e. The van der Waals surface area contributed by atoms with Gasteiger partial charge in [0.25, 0.3) is 0 Å². The van der Waals surface area contributed by atoms with Gasteiger partial charge in [-0.1, -0.05) is 18.2 Å². The minimum absolute atomic E-state index is 0.169. The number of carbonyl (C=O) groups excluding carboxylic acids is 1. The van der Waals surface area contributed by atoms with Crippen molar-refractivity contribution in [3.8, 4) is 0 Å². The van der Waals surface area contributed by atoms with E-state index in [2.05, 4.69) is 4.57 Å². The van der Waals surface area contributed by atoms with Crippen molar-refractivity contribution in [3.05, 3.63) is 53.9 Å². The van der Waals surface area contributed by atoms with Gasteiger partial charge in [0.2, 0.25) is 0 Å². The molecule has 0 spiro atoms. The summed E-state index contributed by atoms with van der Waals surface area (Å²) in [4.78, 5) is 13.7. The van der Waals surface area contributed by atoms with E-state index in [0.717, 1.165) is 30.7 Å². The zero-order valence-electron chi connectivity index (χ0n) is 9.91. The fraction of sp³-hybridized carbons (Fsp3) is 0.154. The summed E-state index contributed by atoms with van der Waals surface area (Å²) >= 11 is 0. The van der Waals surface area contributed by atoms with Crippen LogP contribution in [0.3, 0.4) is 0 Å². The summed E-state index contributed by atoms with van der Waals surface area (Å²) in [6, 6.07) is 12.0. The summed E-state index contributed by atoms with van der Waals surface area (Å²) in [6.45, 7) is 1.34. The van der Waals surface area contributed by atoms with Crippen LogP contribution in [0.4, 0.5) is 10.5 Å². The van der Waals surface area contributed by atoms with Crippen LogP contribution >= 0.6 is 0 Å². The Kier molecular flexibility index (Phi) is 2.74. The van der Waals surface area contributed by atoms with E-state index in [-0.39, 0.29) is 5.81 Å². The van der Waals surface area contributed by atoms with Crippen molar-refractivity contribution < 1.29 is 4.79 Å². The van der Waals surface area contributed by atoms with E-state index in [9.17, 15) is 4.79 Å². The monoisotopic (exact) mass is 233 g/mol. The van der Waals surface area contributed by atoms with Crippen LogP contribution < -0.4 is 4.90 Å². The molecule has 1 aromatic carbocycles. The third-order valence-corrected chi connectivity index (χ3v) is 3.28. The number of para-hydroxylation sites is 1. The van der Waals surface area contributed by atoms with Gasteiger partial charge in [0.15, 0.2) is 13.0 Å². The summed E-state index contributed by atoms with van der Waals surface area (Å²) in [7, 11) is 6.50. The van der Waals surface area contributed by atoms with Crippen LogP contribution in [0.5, 0.6) is 0 Å². The second-order valence-electron chi connectivity index (χ2n) is 4.35. The van der Waals surface area contributed by atoms with Crippen LogP contribution in [0, 0.1) is 0 Å². The largest absolute Gasteiger partial charge is 0.345 e. The first kappa shape index (κ1) is 11.2. The maximum atomic E-state index is 12.0. The molecule has 1 aromatic heterocycles. The summed E-state index contributed by atoms with van der Waals surface area (Å²) in [5.74, 6) is -0.169. The third-order valence-electron chi connectivity index (χ3n) is 3.28. The van der Waals surface area contributed by atoms with E-state index in [4.69, 9.17) is 7.74 Å².